The molecular formula is C23H31ClO5. The van der Waals surface area contributed by atoms with Crippen LogP contribution in [0, 0.1) is 22.7 Å². The van der Waals surface area contributed by atoms with Gasteiger partial charge in [0.05, 0.1) is 17.4 Å². The van der Waals surface area contributed by atoms with Gasteiger partial charge in [-0.05, 0) is 63.4 Å². The van der Waals surface area contributed by atoms with Crippen LogP contribution in [-0.2, 0) is 14.4 Å². The molecule has 0 bridgehead atoms. The lowest BCUT2D eigenvalue weighted by Crippen LogP contribution is -2.69. The zero-order chi connectivity index (χ0) is 21.4. The van der Waals surface area contributed by atoms with Gasteiger partial charge in [0.2, 0.25) is 0 Å². The Labute approximate surface area is 176 Å². The third-order valence-electron chi connectivity index (χ3n) is 9.06. The number of aliphatic hydroxyl groups is 2. The zero-order valence-corrected chi connectivity index (χ0v) is 18.2. The summed E-state index contributed by atoms with van der Waals surface area (Å²) >= 11 is 7.35. The Morgan fingerprint density at radius 3 is 2.52 bits per heavy atom. The number of carbonyl (C=O) groups excluding carboxylic acids is 3. The first-order valence-electron chi connectivity index (χ1n) is 10.8. The molecule has 3 saturated carbocycles. The number of Topliss-reactive ketones (excluding diaryl/α,β-unsaturated/α-hetero) is 2. The highest BCUT2D eigenvalue weighted by molar-refractivity contribution is 6.26. The van der Waals surface area contributed by atoms with Gasteiger partial charge in [0.25, 0.3) is 0 Å². The van der Waals surface area contributed by atoms with Crippen molar-refractivity contribution < 1.29 is 24.6 Å². The monoisotopic (exact) mass is 422 g/mol. The Bertz CT molecular complexity index is 820. The van der Waals surface area contributed by atoms with Crippen molar-refractivity contribution in [2.24, 2.45) is 22.7 Å². The Hall–Kier alpha value is -1.04. The molecule has 4 aliphatic carbocycles. The maximum absolute atomic E-state index is 12.9. The van der Waals surface area contributed by atoms with Gasteiger partial charge in [-0.1, -0.05) is 19.4 Å². The summed E-state index contributed by atoms with van der Waals surface area (Å²) in [6.07, 6.45) is 4.23. The van der Waals surface area contributed by atoms with E-state index in [0.717, 1.165) is 18.4 Å². The number of allylic oxidation sites excluding steroid dienone is 1. The average Bonchev–Trinajstić information content (AvgIpc) is 2.89. The van der Waals surface area contributed by atoms with E-state index in [9.17, 15) is 24.6 Å². The van der Waals surface area contributed by atoms with Gasteiger partial charge >= 0.3 is 0 Å². The molecule has 0 aliphatic heterocycles. The lowest BCUT2D eigenvalue weighted by molar-refractivity contribution is -0.175. The van der Waals surface area contributed by atoms with Gasteiger partial charge in [0, 0.05) is 17.3 Å². The Morgan fingerprint density at radius 1 is 1.17 bits per heavy atom. The van der Waals surface area contributed by atoms with Crippen LogP contribution in [0.4, 0.5) is 0 Å². The number of hydrogen-bond acceptors (Lipinski definition) is 5. The SMILES string of the molecule is CC(=O)CC(=O)[C@@]1(O)CC[C@H]2[C@@H]3CCC4=CC(=O)CC[C@]4(C)[C@@]3(Cl)[C@@H](O)C[C@@]21C. The first-order valence-corrected chi connectivity index (χ1v) is 11.1. The quantitative estimate of drug-likeness (QED) is 0.538. The van der Waals surface area contributed by atoms with Crippen LogP contribution < -0.4 is 0 Å². The fourth-order valence-electron chi connectivity index (χ4n) is 7.41. The van der Waals surface area contributed by atoms with Gasteiger partial charge in [-0.15, -0.1) is 11.6 Å². The second-order valence-electron chi connectivity index (χ2n) is 10.3. The van der Waals surface area contributed by atoms with Crippen molar-refractivity contribution in [3.63, 3.8) is 0 Å². The van der Waals surface area contributed by atoms with Crippen molar-refractivity contribution in [1.82, 2.24) is 0 Å². The molecule has 0 spiro atoms. The number of aliphatic hydroxyl groups excluding tert-OH is 1. The smallest absolute Gasteiger partial charge is 0.172 e. The van der Waals surface area contributed by atoms with Crippen molar-refractivity contribution in [3.05, 3.63) is 11.6 Å². The van der Waals surface area contributed by atoms with Gasteiger partial charge in [0.15, 0.2) is 11.6 Å². The van der Waals surface area contributed by atoms with Crippen LogP contribution in [0.15, 0.2) is 11.6 Å². The van der Waals surface area contributed by atoms with E-state index in [-0.39, 0.29) is 36.2 Å². The van der Waals surface area contributed by atoms with E-state index in [1.165, 1.54) is 6.92 Å². The minimum absolute atomic E-state index is 0.0136. The summed E-state index contributed by atoms with van der Waals surface area (Å²) in [6, 6.07) is 0. The molecule has 0 aromatic carbocycles. The Kier molecular flexibility index (Phi) is 4.74. The molecule has 3 fully saturated rings. The number of hydrogen-bond donors (Lipinski definition) is 2. The molecule has 0 aromatic rings. The maximum Gasteiger partial charge on any atom is 0.172 e. The molecule has 2 N–H and O–H groups in total. The predicted molar refractivity (Wildman–Crippen MR) is 108 cm³/mol. The minimum atomic E-state index is -1.61. The van der Waals surface area contributed by atoms with Crippen LogP contribution in [0.5, 0.6) is 0 Å². The number of rotatable bonds is 3. The lowest BCUT2D eigenvalue weighted by Gasteiger charge is -2.64. The predicted octanol–water partition coefficient (Wildman–Crippen LogP) is 3.13. The molecular weight excluding hydrogens is 392 g/mol. The van der Waals surface area contributed by atoms with Crippen molar-refractivity contribution in [2.45, 2.75) is 88.7 Å². The standard InChI is InChI=1S/C23H31ClO5/c1-13(25)10-18(27)22(29)9-7-16-17-5-4-14-11-15(26)6-8-20(14,2)23(17,24)19(28)12-21(16,22)3/h11,16-17,19,28-29H,4-10,12H2,1-3H3/t16-,17-,19-,20-,21-,22-,23-/m0/s1. The van der Waals surface area contributed by atoms with Gasteiger partial charge in [0.1, 0.15) is 11.4 Å². The van der Waals surface area contributed by atoms with E-state index in [1.807, 2.05) is 6.92 Å². The van der Waals surface area contributed by atoms with Crippen LogP contribution >= 0.6 is 11.6 Å². The largest absolute Gasteiger partial charge is 0.391 e. The van der Waals surface area contributed by atoms with Crippen molar-refractivity contribution >= 4 is 29.0 Å². The average molecular weight is 423 g/mol. The molecule has 4 aliphatic rings. The molecule has 0 aromatic heterocycles. The lowest BCUT2D eigenvalue weighted by atomic mass is 9.44. The fraction of sp³-hybridized carbons (Fsp3) is 0.783. The van der Waals surface area contributed by atoms with E-state index >= 15 is 0 Å². The normalized spacial score (nSPS) is 49.0. The van der Waals surface area contributed by atoms with Crippen LogP contribution in [0.25, 0.3) is 0 Å². The number of fused-ring (bicyclic) bond motifs is 5. The maximum atomic E-state index is 12.9. The highest BCUT2D eigenvalue weighted by Gasteiger charge is 2.73. The van der Waals surface area contributed by atoms with E-state index in [2.05, 4.69) is 6.92 Å². The summed E-state index contributed by atoms with van der Waals surface area (Å²) in [6.45, 7) is 5.31. The van der Waals surface area contributed by atoms with E-state index < -0.39 is 33.2 Å². The molecule has 7 atom stereocenters. The highest BCUT2D eigenvalue weighted by atomic mass is 35.5. The summed E-state index contributed by atoms with van der Waals surface area (Å²) in [5.74, 6) is -0.648. The van der Waals surface area contributed by atoms with Gasteiger partial charge in [-0.2, -0.15) is 0 Å². The van der Waals surface area contributed by atoms with E-state index in [0.29, 0.717) is 25.7 Å². The van der Waals surface area contributed by atoms with Crippen molar-refractivity contribution in [1.29, 1.82) is 0 Å². The van der Waals surface area contributed by atoms with E-state index in [4.69, 9.17) is 11.6 Å². The second kappa shape index (κ2) is 6.48. The van der Waals surface area contributed by atoms with Crippen LogP contribution in [-0.4, -0.2) is 44.1 Å². The van der Waals surface area contributed by atoms with Gasteiger partial charge < -0.3 is 10.2 Å². The van der Waals surface area contributed by atoms with Gasteiger partial charge in [-0.25, -0.2) is 0 Å². The summed E-state index contributed by atoms with van der Waals surface area (Å²) in [5, 5.41) is 22.9. The number of alkyl halides is 1. The molecule has 0 heterocycles. The summed E-state index contributed by atoms with van der Waals surface area (Å²) in [5.41, 5.74) is -1.87. The topological polar surface area (TPSA) is 91.7 Å². The molecule has 6 heteroatoms. The number of halogens is 1. The third kappa shape index (κ3) is 2.56. The van der Waals surface area contributed by atoms with Crippen LogP contribution in [0.3, 0.4) is 0 Å². The second-order valence-corrected chi connectivity index (χ2v) is 11.0. The van der Waals surface area contributed by atoms with Crippen LogP contribution in [0.2, 0.25) is 0 Å². The highest BCUT2D eigenvalue weighted by Crippen LogP contribution is 2.71. The Balaban J connectivity index is 1.76. The summed E-state index contributed by atoms with van der Waals surface area (Å²) < 4.78 is 0. The number of ketones is 3. The zero-order valence-electron chi connectivity index (χ0n) is 17.5. The van der Waals surface area contributed by atoms with E-state index in [1.54, 1.807) is 6.08 Å². The molecule has 0 radical (unpaired) electrons. The number of carbonyl (C=O) groups is 3. The fourth-order valence-corrected chi connectivity index (χ4v) is 7.96. The first kappa shape index (κ1) is 21.2. The molecule has 0 unspecified atom stereocenters. The summed E-state index contributed by atoms with van der Waals surface area (Å²) in [4.78, 5) is 35.5. The Morgan fingerprint density at radius 2 is 1.86 bits per heavy atom. The molecule has 29 heavy (non-hydrogen) atoms. The molecule has 160 valence electrons. The first-order chi connectivity index (χ1) is 13.4. The van der Waals surface area contributed by atoms with Crippen molar-refractivity contribution in [2.75, 3.05) is 0 Å². The van der Waals surface area contributed by atoms with Gasteiger partial charge in [-0.3, -0.25) is 14.4 Å². The molecule has 4 rings (SSSR count). The molecule has 0 saturated heterocycles. The molecule has 5 nitrogen and oxygen atoms in total. The van der Waals surface area contributed by atoms with Crippen molar-refractivity contribution in [3.8, 4) is 0 Å². The third-order valence-corrected chi connectivity index (χ3v) is 10.0. The van der Waals surface area contributed by atoms with Crippen LogP contribution in [0.1, 0.15) is 72.1 Å². The minimum Gasteiger partial charge on any atom is -0.391 e. The summed E-state index contributed by atoms with van der Waals surface area (Å²) in [7, 11) is 0. The molecule has 0 amide bonds.